The Hall–Kier alpha value is -2.82. The predicted octanol–water partition coefficient (Wildman–Crippen LogP) is 2.83. The number of hydrogen-bond acceptors (Lipinski definition) is 3. The molecule has 1 heterocycles. The number of hydrogen-bond donors (Lipinski definition) is 2. The molecule has 0 radical (unpaired) electrons. The maximum absolute atomic E-state index is 10.6. The monoisotopic (exact) mass is 308 g/mol. The summed E-state index contributed by atoms with van der Waals surface area (Å²) in [5, 5.41) is 3.76. The number of benzene rings is 2. The summed E-state index contributed by atoms with van der Waals surface area (Å²) in [6.45, 7) is 6.19. The van der Waals surface area contributed by atoms with Crippen LogP contribution in [0.3, 0.4) is 0 Å². The summed E-state index contributed by atoms with van der Waals surface area (Å²) in [7, 11) is 0. The first kappa shape index (κ1) is 15.1. The zero-order chi connectivity index (χ0) is 16.4. The van der Waals surface area contributed by atoms with E-state index in [4.69, 9.17) is 5.73 Å². The van der Waals surface area contributed by atoms with Crippen molar-refractivity contribution in [3.8, 4) is 0 Å². The SMILES string of the molecule is Cc1cc2c(cc1C)CN(c1ccc(/C=N\NC(N)=O)cc1)C2. The Balaban J connectivity index is 1.72. The molecule has 0 saturated heterocycles. The molecule has 1 aliphatic rings. The van der Waals surface area contributed by atoms with E-state index in [0.29, 0.717) is 0 Å². The average molecular weight is 308 g/mol. The molecule has 0 spiro atoms. The first-order chi connectivity index (χ1) is 11.0. The number of nitrogens with one attached hydrogen (secondary N) is 1. The fourth-order valence-corrected chi connectivity index (χ4v) is 2.82. The van der Waals surface area contributed by atoms with E-state index in [-0.39, 0.29) is 0 Å². The van der Waals surface area contributed by atoms with E-state index in [9.17, 15) is 4.79 Å². The van der Waals surface area contributed by atoms with Crippen molar-refractivity contribution in [3.05, 3.63) is 64.2 Å². The van der Waals surface area contributed by atoms with Crippen LogP contribution in [0.4, 0.5) is 10.5 Å². The molecule has 0 atom stereocenters. The molecule has 3 rings (SSSR count). The fourth-order valence-electron chi connectivity index (χ4n) is 2.82. The maximum atomic E-state index is 10.6. The topological polar surface area (TPSA) is 70.7 Å². The lowest BCUT2D eigenvalue weighted by Crippen LogP contribution is -2.24. The number of hydrazone groups is 1. The molecule has 0 unspecified atom stereocenters. The van der Waals surface area contributed by atoms with Crippen LogP contribution in [0, 0.1) is 13.8 Å². The van der Waals surface area contributed by atoms with Crippen molar-refractivity contribution in [3.63, 3.8) is 0 Å². The lowest BCUT2D eigenvalue weighted by Gasteiger charge is -2.17. The van der Waals surface area contributed by atoms with Crippen LogP contribution in [-0.2, 0) is 13.1 Å². The lowest BCUT2D eigenvalue weighted by molar-refractivity contribution is 0.249. The first-order valence-electron chi connectivity index (χ1n) is 7.55. The Labute approximate surface area is 135 Å². The van der Waals surface area contributed by atoms with Gasteiger partial charge in [-0.1, -0.05) is 24.3 Å². The van der Waals surface area contributed by atoms with Gasteiger partial charge in [0, 0.05) is 18.8 Å². The molecule has 2 amide bonds. The zero-order valence-corrected chi connectivity index (χ0v) is 13.3. The Morgan fingerprint density at radius 3 is 2.22 bits per heavy atom. The summed E-state index contributed by atoms with van der Waals surface area (Å²) in [4.78, 5) is 12.9. The molecule has 118 valence electrons. The van der Waals surface area contributed by atoms with E-state index >= 15 is 0 Å². The van der Waals surface area contributed by atoms with Crippen LogP contribution < -0.4 is 16.1 Å². The fraction of sp³-hybridized carbons (Fsp3) is 0.222. The van der Waals surface area contributed by atoms with Crippen LogP contribution in [0.2, 0.25) is 0 Å². The van der Waals surface area contributed by atoms with Crippen molar-refractivity contribution in [2.75, 3.05) is 4.90 Å². The van der Waals surface area contributed by atoms with E-state index in [1.54, 1.807) is 6.21 Å². The molecule has 5 nitrogen and oxygen atoms in total. The molecule has 3 N–H and O–H groups in total. The van der Waals surface area contributed by atoms with Crippen LogP contribution in [0.25, 0.3) is 0 Å². The van der Waals surface area contributed by atoms with Crippen molar-refractivity contribution >= 4 is 17.9 Å². The summed E-state index contributed by atoms with van der Waals surface area (Å²) in [6, 6.07) is 12.0. The molecule has 5 heteroatoms. The summed E-state index contributed by atoms with van der Waals surface area (Å²) < 4.78 is 0. The lowest BCUT2D eigenvalue weighted by atomic mass is 10.0. The molecule has 0 saturated carbocycles. The average Bonchev–Trinajstić information content (AvgIpc) is 2.91. The van der Waals surface area contributed by atoms with Gasteiger partial charge in [0.15, 0.2) is 0 Å². The molecule has 0 aliphatic carbocycles. The minimum Gasteiger partial charge on any atom is -0.363 e. The van der Waals surface area contributed by atoms with Crippen LogP contribution in [-0.4, -0.2) is 12.2 Å². The molecule has 0 bridgehead atoms. The molecular weight excluding hydrogens is 288 g/mol. The van der Waals surface area contributed by atoms with Crippen LogP contribution in [0.5, 0.6) is 0 Å². The van der Waals surface area contributed by atoms with Gasteiger partial charge >= 0.3 is 6.03 Å². The van der Waals surface area contributed by atoms with Gasteiger partial charge in [0.1, 0.15) is 0 Å². The Kier molecular flexibility index (Phi) is 4.02. The number of nitrogens with zero attached hydrogens (tertiary/aromatic N) is 2. The number of carbonyl (C=O) groups excluding carboxylic acids is 1. The highest BCUT2D eigenvalue weighted by Crippen LogP contribution is 2.30. The number of anilines is 1. The van der Waals surface area contributed by atoms with Crippen molar-refractivity contribution in [2.24, 2.45) is 10.8 Å². The Bertz CT molecular complexity index is 734. The molecule has 1 aliphatic heterocycles. The smallest absolute Gasteiger partial charge is 0.332 e. The van der Waals surface area contributed by atoms with Gasteiger partial charge in [-0.05, 0) is 53.8 Å². The maximum Gasteiger partial charge on any atom is 0.332 e. The number of fused-ring (bicyclic) bond motifs is 1. The van der Waals surface area contributed by atoms with E-state index in [2.05, 4.69) is 53.5 Å². The third-order valence-electron chi connectivity index (χ3n) is 4.18. The Morgan fingerprint density at radius 1 is 1.13 bits per heavy atom. The van der Waals surface area contributed by atoms with Gasteiger partial charge in [-0.3, -0.25) is 0 Å². The van der Waals surface area contributed by atoms with Crippen molar-refractivity contribution in [1.82, 2.24) is 5.43 Å². The molecule has 0 fully saturated rings. The highest BCUT2D eigenvalue weighted by Gasteiger charge is 2.19. The van der Waals surface area contributed by atoms with Gasteiger partial charge < -0.3 is 10.6 Å². The summed E-state index contributed by atoms with van der Waals surface area (Å²) in [5.74, 6) is 0. The van der Waals surface area contributed by atoms with Gasteiger partial charge in [0.25, 0.3) is 0 Å². The van der Waals surface area contributed by atoms with Crippen LogP contribution in [0.15, 0.2) is 41.5 Å². The summed E-state index contributed by atoms with van der Waals surface area (Å²) >= 11 is 0. The second-order valence-electron chi connectivity index (χ2n) is 5.89. The zero-order valence-electron chi connectivity index (χ0n) is 13.3. The molecule has 0 aromatic heterocycles. The summed E-state index contributed by atoms with van der Waals surface area (Å²) in [5.41, 5.74) is 14.7. The minimum atomic E-state index is -0.668. The number of amides is 2. The van der Waals surface area contributed by atoms with Gasteiger partial charge in [-0.25, -0.2) is 10.2 Å². The van der Waals surface area contributed by atoms with Gasteiger partial charge in [-0.2, -0.15) is 5.10 Å². The second kappa shape index (κ2) is 6.12. The van der Waals surface area contributed by atoms with E-state index < -0.39 is 6.03 Å². The normalized spacial score (nSPS) is 13.4. The number of urea groups is 1. The number of rotatable bonds is 3. The highest BCUT2D eigenvalue weighted by atomic mass is 16.2. The third kappa shape index (κ3) is 3.34. The second-order valence-corrected chi connectivity index (χ2v) is 5.89. The number of carbonyl (C=O) groups is 1. The number of aryl methyl sites for hydroxylation is 2. The minimum absolute atomic E-state index is 0.668. The quantitative estimate of drug-likeness (QED) is 0.676. The van der Waals surface area contributed by atoms with Gasteiger partial charge in [0.05, 0.1) is 6.21 Å². The largest absolute Gasteiger partial charge is 0.363 e. The van der Waals surface area contributed by atoms with Crippen molar-refractivity contribution in [2.45, 2.75) is 26.9 Å². The first-order valence-corrected chi connectivity index (χ1v) is 7.55. The summed E-state index contributed by atoms with van der Waals surface area (Å²) in [6.07, 6.45) is 1.57. The van der Waals surface area contributed by atoms with Gasteiger partial charge in [-0.15, -0.1) is 0 Å². The molecule has 23 heavy (non-hydrogen) atoms. The number of primary amides is 1. The van der Waals surface area contributed by atoms with Crippen molar-refractivity contribution < 1.29 is 4.79 Å². The standard InChI is InChI=1S/C18H20N4O/c1-12-7-15-10-22(11-16(15)8-13(12)2)17-5-3-14(4-6-17)9-20-21-18(19)23/h3-9H,10-11H2,1-2H3,(H3,19,21,23)/b20-9-. The highest BCUT2D eigenvalue weighted by molar-refractivity contribution is 5.82. The van der Waals surface area contributed by atoms with Crippen LogP contribution in [0.1, 0.15) is 27.8 Å². The van der Waals surface area contributed by atoms with Crippen LogP contribution >= 0.6 is 0 Å². The van der Waals surface area contributed by atoms with E-state index in [1.807, 2.05) is 12.1 Å². The molecule has 2 aromatic carbocycles. The third-order valence-corrected chi connectivity index (χ3v) is 4.18. The predicted molar refractivity (Wildman–Crippen MR) is 92.6 cm³/mol. The number of nitrogens with two attached hydrogens (primary N) is 1. The van der Waals surface area contributed by atoms with E-state index in [1.165, 1.54) is 27.9 Å². The molecular formula is C18H20N4O. The van der Waals surface area contributed by atoms with Crippen molar-refractivity contribution in [1.29, 1.82) is 0 Å². The van der Waals surface area contributed by atoms with E-state index in [0.717, 1.165) is 18.7 Å². The Morgan fingerprint density at radius 2 is 1.70 bits per heavy atom. The molecule has 2 aromatic rings. The van der Waals surface area contributed by atoms with Gasteiger partial charge in [0.2, 0.25) is 0 Å².